The maximum Gasteiger partial charge on any atom is 0.243 e. The van der Waals surface area contributed by atoms with Crippen LogP contribution in [0.3, 0.4) is 0 Å². The Morgan fingerprint density at radius 3 is 2.33 bits per heavy atom. The second kappa shape index (κ2) is 7.66. The molecule has 1 atom stereocenters. The largest absolute Gasteiger partial charge is 0.352 e. The van der Waals surface area contributed by atoms with Gasteiger partial charge in [0.15, 0.2) is 0 Å². The van der Waals surface area contributed by atoms with Gasteiger partial charge >= 0.3 is 0 Å². The van der Waals surface area contributed by atoms with E-state index in [1.54, 1.807) is 30.3 Å². The highest BCUT2D eigenvalue weighted by atomic mass is 32.2. The second-order valence-electron chi connectivity index (χ2n) is 6.78. The smallest absolute Gasteiger partial charge is 0.243 e. The van der Waals surface area contributed by atoms with E-state index in [-0.39, 0.29) is 16.8 Å². The van der Waals surface area contributed by atoms with E-state index in [2.05, 4.69) is 5.32 Å². The van der Waals surface area contributed by atoms with Crippen LogP contribution in [0.15, 0.2) is 35.2 Å². The number of piperidine rings is 1. The zero-order chi connectivity index (χ0) is 17.0. The van der Waals surface area contributed by atoms with E-state index >= 15 is 0 Å². The summed E-state index contributed by atoms with van der Waals surface area (Å²) in [6.45, 7) is 0.417. The third kappa shape index (κ3) is 3.81. The lowest BCUT2D eigenvalue weighted by Crippen LogP contribution is -2.53. The van der Waals surface area contributed by atoms with Gasteiger partial charge in [0.2, 0.25) is 15.9 Å². The number of nitrogens with zero attached hydrogens (tertiary/aromatic N) is 1. The Morgan fingerprint density at radius 2 is 1.62 bits per heavy atom. The van der Waals surface area contributed by atoms with Gasteiger partial charge < -0.3 is 5.32 Å². The lowest BCUT2D eigenvalue weighted by Gasteiger charge is -2.35. The van der Waals surface area contributed by atoms with Crippen LogP contribution in [0.2, 0.25) is 0 Å². The Labute approximate surface area is 144 Å². The molecule has 1 N–H and O–H groups in total. The summed E-state index contributed by atoms with van der Waals surface area (Å²) in [5, 5.41) is 3.10. The van der Waals surface area contributed by atoms with Gasteiger partial charge in [-0.3, -0.25) is 4.79 Å². The minimum Gasteiger partial charge on any atom is -0.352 e. The maximum absolute atomic E-state index is 12.9. The first kappa shape index (κ1) is 17.4. The first-order chi connectivity index (χ1) is 11.6. The molecule has 1 saturated carbocycles. The number of hydrogen-bond donors (Lipinski definition) is 1. The summed E-state index contributed by atoms with van der Waals surface area (Å²) in [4.78, 5) is 13.0. The summed E-state index contributed by atoms with van der Waals surface area (Å²) in [5.74, 6) is -0.124. The van der Waals surface area contributed by atoms with Gasteiger partial charge in [0.25, 0.3) is 0 Å². The van der Waals surface area contributed by atoms with Gasteiger partial charge in [-0.1, -0.05) is 43.9 Å². The predicted octanol–water partition coefficient (Wildman–Crippen LogP) is 2.68. The molecule has 2 aliphatic rings. The lowest BCUT2D eigenvalue weighted by molar-refractivity contribution is -0.126. The Bertz CT molecular complexity index is 654. The molecule has 0 spiro atoms. The highest BCUT2D eigenvalue weighted by Crippen LogP contribution is 2.26. The molecule has 0 aromatic heterocycles. The Balaban J connectivity index is 1.76. The summed E-state index contributed by atoms with van der Waals surface area (Å²) >= 11 is 0. The van der Waals surface area contributed by atoms with Crippen molar-refractivity contribution >= 4 is 15.9 Å². The van der Waals surface area contributed by atoms with Crippen molar-refractivity contribution in [3.05, 3.63) is 30.3 Å². The van der Waals surface area contributed by atoms with E-state index < -0.39 is 16.1 Å². The predicted molar refractivity (Wildman–Crippen MR) is 93.0 cm³/mol. The SMILES string of the molecule is O=C(NC1CCCCC1)[C@H]1CCCCN1S(=O)(=O)c1ccccc1. The minimum absolute atomic E-state index is 0.124. The fourth-order valence-corrected chi connectivity index (χ4v) is 5.40. The molecule has 132 valence electrons. The topological polar surface area (TPSA) is 66.5 Å². The second-order valence-corrected chi connectivity index (χ2v) is 8.67. The van der Waals surface area contributed by atoms with Crippen molar-refractivity contribution < 1.29 is 13.2 Å². The van der Waals surface area contributed by atoms with Crippen molar-refractivity contribution in [2.45, 2.75) is 68.3 Å². The first-order valence-electron chi connectivity index (χ1n) is 8.96. The Morgan fingerprint density at radius 1 is 0.958 bits per heavy atom. The number of nitrogens with one attached hydrogen (secondary N) is 1. The first-order valence-corrected chi connectivity index (χ1v) is 10.4. The molecule has 6 heteroatoms. The van der Waals surface area contributed by atoms with E-state index in [4.69, 9.17) is 0 Å². The number of rotatable bonds is 4. The highest BCUT2D eigenvalue weighted by molar-refractivity contribution is 7.89. The molecule has 1 saturated heterocycles. The van der Waals surface area contributed by atoms with Crippen LogP contribution in [0.1, 0.15) is 51.4 Å². The molecule has 1 heterocycles. The summed E-state index contributed by atoms with van der Waals surface area (Å²) in [7, 11) is -3.62. The van der Waals surface area contributed by atoms with Gasteiger partial charge in [-0.15, -0.1) is 0 Å². The average Bonchev–Trinajstić information content (AvgIpc) is 2.63. The molecule has 1 aliphatic carbocycles. The van der Waals surface area contributed by atoms with Gasteiger partial charge in [-0.25, -0.2) is 8.42 Å². The normalized spacial score (nSPS) is 23.8. The fraction of sp³-hybridized carbons (Fsp3) is 0.611. The third-order valence-corrected chi connectivity index (χ3v) is 6.98. The van der Waals surface area contributed by atoms with Crippen LogP contribution >= 0.6 is 0 Å². The van der Waals surface area contributed by atoms with E-state index in [9.17, 15) is 13.2 Å². The van der Waals surface area contributed by atoms with Crippen LogP contribution in [0.25, 0.3) is 0 Å². The molecular weight excluding hydrogens is 324 g/mol. The number of benzene rings is 1. The molecule has 1 aromatic carbocycles. The highest BCUT2D eigenvalue weighted by Gasteiger charge is 2.38. The van der Waals surface area contributed by atoms with E-state index in [1.807, 2.05) is 0 Å². The Hall–Kier alpha value is -1.40. The fourth-order valence-electron chi connectivity index (χ4n) is 3.73. The molecule has 5 nitrogen and oxygen atoms in total. The summed E-state index contributed by atoms with van der Waals surface area (Å²) in [6, 6.07) is 8.05. The number of carbonyl (C=O) groups is 1. The van der Waals surface area contributed by atoms with Gasteiger partial charge in [-0.2, -0.15) is 4.31 Å². The van der Waals surface area contributed by atoms with Crippen molar-refractivity contribution in [1.29, 1.82) is 0 Å². The summed E-state index contributed by atoms with van der Waals surface area (Å²) in [6.07, 6.45) is 7.81. The van der Waals surface area contributed by atoms with Gasteiger partial charge in [0, 0.05) is 12.6 Å². The zero-order valence-electron chi connectivity index (χ0n) is 14.0. The number of amides is 1. The van der Waals surface area contributed by atoms with Crippen molar-refractivity contribution in [2.24, 2.45) is 0 Å². The molecule has 1 aromatic rings. The summed E-state index contributed by atoms with van der Waals surface area (Å²) < 4.78 is 27.3. The van der Waals surface area contributed by atoms with Crippen molar-refractivity contribution in [2.75, 3.05) is 6.54 Å². The standard InChI is InChI=1S/C18H26N2O3S/c21-18(19-15-9-3-1-4-10-15)17-13-7-8-14-20(17)24(22,23)16-11-5-2-6-12-16/h2,5-6,11-12,15,17H,1,3-4,7-10,13-14H2,(H,19,21)/t17-/m1/s1. The van der Waals surface area contributed by atoms with Crippen LogP contribution in [0.5, 0.6) is 0 Å². The summed E-state index contributed by atoms with van der Waals surface area (Å²) in [5.41, 5.74) is 0. The molecule has 0 bridgehead atoms. The lowest BCUT2D eigenvalue weighted by atomic mass is 9.95. The monoisotopic (exact) mass is 350 g/mol. The number of sulfonamides is 1. The van der Waals surface area contributed by atoms with Crippen LogP contribution in [0.4, 0.5) is 0 Å². The van der Waals surface area contributed by atoms with E-state index in [0.717, 1.165) is 38.5 Å². The molecule has 1 amide bonds. The molecular formula is C18H26N2O3S. The van der Waals surface area contributed by atoms with E-state index in [0.29, 0.717) is 13.0 Å². The van der Waals surface area contributed by atoms with Crippen LogP contribution in [0, 0.1) is 0 Å². The molecule has 0 radical (unpaired) electrons. The number of carbonyl (C=O) groups excluding carboxylic acids is 1. The maximum atomic E-state index is 12.9. The molecule has 1 aliphatic heterocycles. The van der Waals surface area contributed by atoms with Gasteiger partial charge in [0.05, 0.1) is 4.90 Å². The van der Waals surface area contributed by atoms with E-state index in [1.165, 1.54) is 10.7 Å². The van der Waals surface area contributed by atoms with Gasteiger partial charge in [-0.05, 0) is 37.8 Å². The minimum atomic E-state index is -3.62. The molecule has 24 heavy (non-hydrogen) atoms. The quantitative estimate of drug-likeness (QED) is 0.908. The van der Waals surface area contributed by atoms with Crippen LogP contribution in [-0.4, -0.2) is 37.3 Å². The average molecular weight is 350 g/mol. The van der Waals surface area contributed by atoms with Crippen molar-refractivity contribution in [1.82, 2.24) is 9.62 Å². The zero-order valence-corrected chi connectivity index (χ0v) is 14.8. The Kier molecular flexibility index (Phi) is 5.56. The van der Waals surface area contributed by atoms with Gasteiger partial charge in [0.1, 0.15) is 6.04 Å². The van der Waals surface area contributed by atoms with Crippen molar-refractivity contribution in [3.63, 3.8) is 0 Å². The molecule has 0 unspecified atom stereocenters. The number of hydrogen-bond acceptors (Lipinski definition) is 3. The van der Waals surface area contributed by atoms with Crippen LogP contribution < -0.4 is 5.32 Å². The van der Waals surface area contributed by atoms with Crippen LogP contribution in [-0.2, 0) is 14.8 Å². The third-order valence-electron chi connectivity index (χ3n) is 5.06. The molecule has 3 rings (SSSR count). The molecule has 2 fully saturated rings. The van der Waals surface area contributed by atoms with Crippen molar-refractivity contribution in [3.8, 4) is 0 Å².